The van der Waals surface area contributed by atoms with Crippen LogP contribution in [-0.2, 0) is 12.8 Å². The number of aryl methyl sites for hydroxylation is 2. The van der Waals surface area contributed by atoms with E-state index in [1.54, 1.807) is 0 Å². The van der Waals surface area contributed by atoms with E-state index in [4.69, 9.17) is 9.97 Å². The van der Waals surface area contributed by atoms with Crippen LogP contribution in [0.5, 0.6) is 0 Å². The van der Waals surface area contributed by atoms with E-state index in [0.717, 1.165) is 70.8 Å². The Morgan fingerprint density at radius 1 is 0.633 bits per heavy atom. The largest absolute Gasteiger partial charge is 0.281 e. The Kier molecular flexibility index (Phi) is 4.75. The van der Waals surface area contributed by atoms with Gasteiger partial charge in [0.25, 0.3) is 0 Å². The average Bonchev–Trinajstić information content (AvgIpc) is 3.39. The lowest BCUT2D eigenvalue weighted by atomic mass is 10.2. The number of imidazole rings is 2. The third kappa shape index (κ3) is 3.05. The lowest BCUT2D eigenvalue weighted by molar-refractivity contribution is 0.780. The summed E-state index contributed by atoms with van der Waals surface area (Å²) < 4.78 is 4.14. The molecule has 0 radical (unpaired) electrons. The van der Waals surface area contributed by atoms with E-state index in [1.165, 1.54) is 0 Å². The summed E-state index contributed by atoms with van der Waals surface area (Å²) in [6, 6.07) is 16.3. The third-order valence-electron chi connectivity index (χ3n) is 5.34. The molecule has 3 heterocycles. The standard InChI is InChI=1S/C24H24N6/c1-3-9-19-23(29-15-25-17-11-5-7-13-21(17)29)28-20(10-4-2)24(27-19)30-16-26-18-12-6-8-14-22(18)30/h5-8,11-16H,3-4,9-10H2,1-2H3. The molecule has 3 aromatic heterocycles. The minimum absolute atomic E-state index is 0.848. The van der Waals surface area contributed by atoms with Gasteiger partial charge in [0.2, 0.25) is 0 Å². The highest BCUT2D eigenvalue weighted by Gasteiger charge is 2.18. The molecule has 0 aliphatic carbocycles. The first-order chi connectivity index (χ1) is 14.8. The number of para-hydroxylation sites is 4. The summed E-state index contributed by atoms with van der Waals surface area (Å²) in [5.74, 6) is 1.75. The van der Waals surface area contributed by atoms with Gasteiger partial charge in [-0.1, -0.05) is 51.0 Å². The summed E-state index contributed by atoms with van der Waals surface area (Å²) in [6.07, 6.45) is 7.39. The van der Waals surface area contributed by atoms with Crippen LogP contribution in [-0.4, -0.2) is 29.1 Å². The first kappa shape index (κ1) is 18.5. The van der Waals surface area contributed by atoms with Crippen molar-refractivity contribution < 1.29 is 0 Å². The van der Waals surface area contributed by atoms with Crippen molar-refractivity contribution in [2.75, 3.05) is 0 Å². The maximum Gasteiger partial charge on any atom is 0.160 e. The van der Waals surface area contributed by atoms with Gasteiger partial charge in [-0.05, 0) is 37.1 Å². The molecule has 0 atom stereocenters. The van der Waals surface area contributed by atoms with Crippen molar-refractivity contribution in [1.29, 1.82) is 0 Å². The molecule has 150 valence electrons. The number of hydrogen-bond donors (Lipinski definition) is 0. The summed E-state index contributed by atoms with van der Waals surface area (Å²) in [5, 5.41) is 0. The Morgan fingerprint density at radius 2 is 1.07 bits per heavy atom. The van der Waals surface area contributed by atoms with Crippen molar-refractivity contribution in [1.82, 2.24) is 29.1 Å². The molecule has 30 heavy (non-hydrogen) atoms. The quantitative estimate of drug-likeness (QED) is 0.402. The van der Waals surface area contributed by atoms with Crippen molar-refractivity contribution in [3.8, 4) is 11.6 Å². The number of hydrogen-bond acceptors (Lipinski definition) is 4. The molecule has 6 nitrogen and oxygen atoms in total. The van der Waals surface area contributed by atoms with Crippen LogP contribution in [0.25, 0.3) is 33.7 Å². The molecule has 0 unspecified atom stereocenters. The number of benzene rings is 2. The number of fused-ring (bicyclic) bond motifs is 2. The van der Waals surface area contributed by atoms with E-state index in [1.807, 2.05) is 49.1 Å². The molecule has 0 saturated heterocycles. The molecule has 0 saturated carbocycles. The van der Waals surface area contributed by atoms with Crippen LogP contribution >= 0.6 is 0 Å². The van der Waals surface area contributed by atoms with Gasteiger partial charge in [-0.2, -0.15) is 0 Å². The van der Waals surface area contributed by atoms with Crippen molar-refractivity contribution >= 4 is 22.1 Å². The minimum Gasteiger partial charge on any atom is -0.281 e. The molecule has 0 N–H and O–H groups in total. The smallest absolute Gasteiger partial charge is 0.160 e. The predicted molar refractivity (Wildman–Crippen MR) is 119 cm³/mol. The van der Waals surface area contributed by atoms with Gasteiger partial charge in [0.05, 0.1) is 33.5 Å². The van der Waals surface area contributed by atoms with Gasteiger partial charge >= 0.3 is 0 Å². The zero-order valence-electron chi connectivity index (χ0n) is 17.3. The average molecular weight is 396 g/mol. The molecule has 0 fully saturated rings. The van der Waals surface area contributed by atoms with Crippen LogP contribution in [0.4, 0.5) is 0 Å². The molecule has 6 heteroatoms. The Bertz CT molecular complexity index is 1230. The van der Waals surface area contributed by atoms with Gasteiger partial charge in [-0.3, -0.25) is 9.13 Å². The van der Waals surface area contributed by atoms with Crippen molar-refractivity contribution in [3.63, 3.8) is 0 Å². The Morgan fingerprint density at radius 3 is 1.50 bits per heavy atom. The lowest BCUT2D eigenvalue weighted by Crippen LogP contribution is -2.13. The highest BCUT2D eigenvalue weighted by Crippen LogP contribution is 2.25. The Hall–Kier alpha value is -3.54. The number of nitrogens with zero attached hydrogens (tertiary/aromatic N) is 6. The first-order valence-electron chi connectivity index (χ1n) is 10.5. The van der Waals surface area contributed by atoms with Crippen LogP contribution in [0, 0.1) is 0 Å². The molecule has 0 spiro atoms. The van der Waals surface area contributed by atoms with Gasteiger partial charge < -0.3 is 0 Å². The van der Waals surface area contributed by atoms with E-state index in [0.29, 0.717) is 0 Å². The highest BCUT2D eigenvalue weighted by molar-refractivity contribution is 5.78. The second kappa shape index (κ2) is 7.71. The molecule has 0 aliphatic rings. The second-order valence-corrected chi connectivity index (χ2v) is 7.47. The summed E-state index contributed by atoms with van der Waals surface area (Å²) in [4.78, 5) is 19.4. The first-order valence-corrected chi connectivity index (χ1v) is 10.5. The van der Waals surface area contributed by atoms with E-state index in [9.17, 15) is 0 Å². The predicted octanol–water partition coefficient (Wildman–Crippen LogP) is 5.06. The van der Waals surface area contributed by atoms with Crippen LogP contribution in [0.2, 0.25) is 0 Å². The highest BCUT2D eigenvalue weighted by atomic mass is 15.2. The lowest BCUT2D eigenvalue weighted by Gasteiger charge is -2.16. The van der Waals surface area contributed by atoms with Gasteiger partial charge in [-0.25, -0.2) is 19.9 Å². The van der Waals surface area contributed by atoms with Crippen LogP contribution in [0.1, 0.15) is 38.1 Å². The number of aromatic nitrogens is 6. The molecule has 0 amide bonds. The molecular weight excluding hydrogens is 372 g/mol. The van der Waals surface area contributed by atoms with Crippen molar-refractivity contribution in [3.05, 3.63) is 72.6 Å². The third-order valence-corrected chi connectivity index (χ3v) is 5.34. The van der Waals surface area contributed by atoms with E-state index >= 15 is 0 Å². The zero-order chi connectivity index (χ0) is 20.5. The summed E-state index contributed by atoms with van der Waals surface area (Å²) in [5.41, 5.74) is 5.98. The topological polar surface area (TPSA) is 61.4 Å². The maximum atomic E-state index is 5.15. The summed E-state index contributed by atoms with van der Waals surface area (Å²) >= 11 is 0. The van der Waals surface area contributed by atoms with Gasteiger partial charge in [-0.15, -0.1) is 0 Å². The second-order valence-electron chi connectivity index (χ2n) is 7.47. The van der Waals surface area contributed by atoms with Gasteiger partial charge in [0, 0.05) is 0 Å². The van der Waals surface area contributed by atoms with E-state index in [-0.39, 0.29) is 0 Å². The fraction of sp³-hybridized carbons (Fsp3) is 0.250. The fourth-order valence-electron chi connectivity index (χ4n) is 3.94. The molecular formula is C24H24N6. The summed E-state index contributed by atoms with van der Waals surface area (Å²) in [7, 11) is 0. The molecule has 2 aromatic carbocycles. The molecule has 5 aromatic rings. The summed E-state index contributed by atoms with van der Waals surface area (Å²) in [6.45, 7) is 4.34. The van der Waals surface area contributed by atoms with Crippen molar-refractivity contribution in [2.24, 2.45) is 0 Å². The van der Waals surface area contributed by atoms with Crippen LogP contribution in [0.3, 0.4) is 0 Å². The zero-order valence-corrected chi connectivity index (χ0v) is 17.3. The fourth-order valence-corrected chi connectivity index (χ4v) is 3.94. The minimum atomic E-state index is 0.848. The Labute approximate surface area is 175 Å². The Balaban J connectivity index is 1.76. The maximum absolute atomic E-state index is 5.15. The molecule has 0 bridgehead atoms. The van der Waals surface area contributed by atoms with Crippen LogP contribution in [0.15, 0.2) is 61.2 Å². The molecule has 0 aliphatic heterocycles. The van der Waals surface area contributed by atoms with Crippen LogP contribution < -0.4 is 0 Å². The SMILES string of the molecule is CCCc1nc(-n2cnc3ccccc32)c(CCC)nc1-n1cnc2ccccc21. The van der Waals surface area contributed by atoms with Gasteiger partial charge in [0.1, 0.15) is 12.7 Å². The number of rotatable bonds is 6. The van der Waals surface area contributed by atoms with Gasteiger partial charge in [0.15, 0.2) is 11.6 Å². The molecule has 5 rings (SSSR count). The monoisotopic (exact) mass is 396 g/mol. The van der Waals surface area contributed by atoms with E-state index < -0.39 is 0 Å². The normalized spacial score (nSPS) is 11.5. The van der Waals surface area contributed by atoms with Crippen molar-refractivity contribution in [2.45, 2.75) is 39.5 Å². The van der Waals surface area contributed by atoms with E-state index in [2.05, 4.69) is 45.1 Å².